The molecular weight excluding hydrogens is 250 g/mol. The van der Waals surface area contributed by atoms with E-state index in [1.807, 2.05) is 19.9 Å². The van der Waals surface area contributed by atoms with Crippen LogP contribution >= 0.6 is 0 Å². The number of piperazine rings is 1. The first-order valence-electron chi connectivity index (χ1n) is 5.98. The molecule has 0 atom stereocenters. The summed E-state index contributed by atoms with van der Waals surface area (Å²) in [4.78, 5) is 0.371. The van der Waals surface area contributed by atoms with Crippen LogP contribution in [0.2, 0.25) is 0 Å². The van der Waals surface area contributed by atoms with Gasteiger partial charge in [-0.3, -0.25) is 5.84 Å². The Morgan fingerprint density at radius 2 is 1.67 bits per heavy atom. The van der Waals surface area contributed by atoms with Gasteiger partial charge in [-0.25, -0.2) is 13.4 Å². The van der Waals surface area contributed by atoms with Crippen LogP contribution in [0, 0.1) is 13.8 Å². The Kier molecular flexibility index (Phi) is 3.72. The SMILES string of the molecule is Cc1ccc(S(=O)(=O)N2CCN(N)CC2)cc1C. The zero-order chi connectivity index (χ0) is 13.3. The smallest absolute Gasteiger partial charge is 0.243 e. The van der Waals surface area contributed by atoms with Crippen LogP contribution in [0.4, 0.5) is 0 Å². The molecule has 1 aromatic rings. The standard InChI is InChI=1S/C12H19N3O2S/c1-10-3-4-12(9-11(10)2)18(16,17)15-7-5-14(13)6-8-15/h3-4,9H,5-8,13H2,1-2H3. The maximum atomic E-state index is 12.4. The molecule has 2 N–H and O–H groups in total. The molecule has 2 rings (SSSR count). The first-order valence-corrected chi connectivity index (χ1v) is 7.42. The van der Waals surface area contributed by atoms with Gasteiger partial charge in [0.2, 0.25) is 10.0 Å². The van der Waals surface area contributed by atoms with Crippen LogP contribution in [0.3, 0.4) is 0 Å². The summed E-state index contributed by atoms with van der Waals surface area (Å²) in [5, 5.41) is 1.65. The highest BCUT2D eigenvalue weighted by atomic mass is 32.2. The predicted octanol–water partition coefficient (Wildman–Crippen LogP) is 0.483. The molecule has 0 bridgehead atoms. The number of sulfonamides is 1. The maximum absolute atomic E-state index is 12.4. The number of hydrazine groups is 1. The lowest BCUT2D eigenvalue weighted by molar-refractivity contribution is 0.192. The Morgan fingerprint density at radius 1 is 1.06 bits per heavy atom. The fourth-order valence-corrected chi connectivity index (χ4v) is 3.48. The molecule has 0 spiro atoms. The van der Waals surface area contributed by atoms with E-state index in [2.05, 4.69) is 0 Å². The van der Waals surface area contributed by atoms with Crippen LogP contribution in [0.1, 0.15) is 11.1 Å². The minimum atomic E-state index is -3.37. The van der Waals surface area contributed by atoms with E-state index in [4.69, 9.17) is 5.84 Å². The number of aryl methyl sites for hydroxylation is 2. The van der Waals surface area contributed by atoms with Crippen LogP contribution in [-0.4, -0.2) is 43.9 Å². The van der Waals surface area contributed by atoms with Gasteiger partial charge in [-0.15, -0.1) is 0 Å². The monoisotopic (exact) mass is 269 g/mol. The average molecular weight is 269 g/mol. The number of hydrogen-bond donors (Lipinski definition) is 1. The average Bonchev–Trinajstić information content (AvgIpc) is 2.33. The van der Waals surface area contributed by atoms with Crippen molar-refractivity contribution in [3.05, 3.63) is 29.3 Å². The number of nitrogens with zero attached hydrogens (tertiary/aromatic N) is 2. The molecule has 100 valence electrons. The van der Waals surface area contributed by atoms with Gasteiger partial charge < -0.3 is 0 Å². The van der Waals surface area contributed by atoms with E-state index in [9.17, 15) is 8.42 Å². The van der Waals surface area contributed by atoms with Gasteiger partial charge in [0.25, 0.3) is 0 Å². The third-order valence-electron chi connectivity index (χ3n) is 3.39. The second-order valence-electron chi connectivity index (χ2n) is 4.69. The van der Waals surface area contributed by atoms with Gasteiger partial charge in [-0.05, 0) is 37.1 Å². The van der Waals surface area contributed by atoms with Crippen LogP contribution in [-0.2, 0) is 10.0 Å². The number of nitrogens with two attached hydrogens (primary N) is 1. The second-order valence-corrected chi connectivity index (χ2v) is 6.62. The van der Waals surface area contributed by atoms with Crippen LogP contribution in [0.5, 0.6) is 0 Å². The van der Waals surface area contributed by atoms with Gasteiger partial charge in [0.15, 0.2) is 0 Å². The highest BCUT2D eigenvalue weighted by molar-refractivity contribution is 7.89. The molecule has 1 aliphatic heterocycles. The van der Waals surface area contributed by atoms with E-state index < -0.39 is 10.0 Å². The molecule has 1 heterocycles. The van der Waals surface area contributed by atoms with E-state index in [1.165, 1.54) is 4.31 Å². The molecule has 1 aromatic carbocycles. The summed E-state index contributed by atoms with van der Waals surface area (Å²) in [6.45, 7) is 5.94. The number of benzene rings is 1. The highest BCUT2D eigenvalue weighted by Gasteiger charge is 2.27. The van der Waals surface area contributed by atoms with E-state index in [0.29, 0.717) is 31.1 Å². The number of rotatable bonds is 2. The molecule has 0 aromatic heterocycles. The molecule has 1 fully saturated rings. The Balaban J connectivity index is 2.27. The zero-order valence-electron chi connectivity index (χ0n) is 10.8. The Bertz CT molecular complexity index is 534. The van der Waals surface area contributed by atoms with Gasteiger partial charge in [0.1, 0.15) is 0 Å². The summed E-state index contributed by atoms with van der Waals surface area (Å²) >= 11 is 0. The predicted molar refractivity (Wildman–Crippen MR) is 70.4 cm³/mol. The minimum absolute atomic E-state index is 0.371. The maximum Gasteiger partial charge on any atom is 0.243 e. The Hall–Kier alpha value is -0.950. The lowest BCUT2D eigenvalue weighted by Crippen LogP contribution is -2.51. The summed E-state index contributed by atoms with van der Waals surface area (Å²) in [5.74, 6) is 5.63. The van der Waals surface area contributed by atoms with Crippen molar-refractivity contribution in [1.29, 1.82) is 0 Å². The first-order chi connectivity index (χ1) is 8.41. The fraction of sp³-hybridized carbons (Fsp3) is 0.500. The summed E-state index contributed by atoms with van der Waals surface area (Å²) in [6.07, 6.45) is 0. The fourth-order valence-electron chi connectivity index (χ4n) is 1.97. The second kappa shape index (κ2) is 4.97. The topological polar surface area (TPSA) is 66.6 Å². The van der Waals surface area contributed by atoms with E-state index >= 15 is 0 Å². The minimum Gasteiger partial charge on any atom is -0.269 e. The molecule has 0 saturated carbocycles. The van der Waals surface area contributed by atoms with Crippen molar-refractivity contribution in [2.75, 3.05) is 26.2 Å². The van der Waals surface area contributed by atoms with Crippen LogP contribution in [0.25, 0.3) is 0 Å². The normalized spacial score (nSPS) is 19.1. The molecule has 6 heteroatoms. The van der Waals surface area contributed by atoms with Crippen LogP contribution < -0.4 is 5.84 Å². The summed E-state index contributed by atoms with van der Waals surface area (Å²) in [7, 11) is -3.37. The van der Waals surface area contributed by atoms with Gasteiger partial charge in [0, 0.05) is 26.2 Å². The lowest BCUT2D eigenvalue weighted by atomic mass is 10.1. The molecule has 5 nitrogen and oxygen atoms in total. The molecular formula is C12H19N3O2S. The first kappa shape index (κ1) is 13.5. The van der Waals surface area contributed by atoms with Gasteiger partial charge in [-0.1, -0.05) is 6.07 Å². The quantitative estimate of drug-likeness (QED) is 0.793. The molecule has 0 unspecified atom stereocenters. The lowest BCUT2D eigenvalue weighted by Gasteiger charge is -2.31. The zero-order valence-corrected chi connectivity index (χ0v) is 11.6. The molecule has 0 aliphatic carbocycles. The highest BCUT2D eigenvalue weighted by Crippen LogP contribution is 2.19. The van der Waals surface area contributed by atoms with Crippen molar-refractivity contribution in [2.45, 2.75) is 18.7 Å². The van der Waals surface area contributed by atoms with Crippen molar-refractivity contribution in [1.82, 2.24) is 9.31 Å². The van der Waals surface area contributed by atoms with Crippen molar-refractivity contribution >= 4 is 10.0 Å². The van der Waals surface area contributed by atoms with Crippen molar-refractivity contribution in [3.63, 3.8) is 0 Å². The molecule has 0 radical (unpaired) electrons. The number of hydrogen-bond acceptors (Lipinski definition) is 4. The molecule has 0 amide bonds. The van der Waals surface area contributed by atoms with Crippen molar-refractivity contribution < 1.29 is 8.42 Å². The summed E-state index contributed by atoms with van der Waals surface area (Å²) < 4.78 is 26.3. The molecule has 1 aliphatic rings. The third kappa shape index (κ3) is 2.56. The van der Waals surface area contributed by atoms with Gasteiger partial charge in [0.05, 0.1) is 4.90 Å². The van der Waals surface area contributed by atoms with E-state index in [1.54, 1.807) is 17.1 Å². The summed E-state index contributed by atoms with van der Waals surface area (Å²) in [5.41, 5.74) is 2.09. The van der Waals surface area contributed by atoms with Gasteiger partial charge >= 0.3 is 0 Å². The largest absolute Gasteiger partial charge is 0.269 e. The Morgan fingerprint density at radius 3 is 2.22 bits per heavy atom. The Labute approximate surface area is 108 Å². The van der Waals surface area contributed by atoms with Crippen molar-refractivity contribution in [2.24, 2.45) is 5.84 Å². The molecule has 1 saturated heterocycles. The summed E-state index contributed by atoms with van der Waals surface area (Å²) in [6, 6.07) is 5.26. The third-order valence-corrected chi connectivity index (χ3v) is 5.28. The van der Waals surface area contributed by atoms with Gasteiger partial charge in [-0.2, -0.15) is 4.31 Å². The van der Waals surface area contributed by atoms with E-state index in [-0.39, 0.29) is 0 Å². The molecule has 18 heavy (non-hydrogen) atoms. The van der Waals surface area contributed by atoms with Crippen LogP contribution in [0.15, 0.2) is 23.1 Å². The van der Waals surface area contributed by atoms with Crippen molar-refractivity contribution in [3.8, 4) is 0 Å². The van der Waals surface area contributed by atoms with E-state index in [0.717, 1.165) is 11.1 Å².